The molecule has 84 valence electrons. The second-order valence-electron chi connectivity index (χ2n) is 4.03. The van der Waals surface area contributed by atoms with E-state index in [4.69, 9.17) is 5.73 Å². The standard InChI is InChI=1S/C13H17N3/c1-9-10(2)16-13(15-9)12(8-14)11-6-4-3-5-7-11/h3-7,12H,8,14H2,1-2H3,(H,15,16). The van der Waals surface area contributed by atoms with E-state index in [-0.39, 0.29) is 5.92 Å². The van der Waals surface area contributed by atoms with Crippen molar-refractivity contribution < 1.29 is 0 Å². The zero-order valence-corrected chi connectivity index (χ0v) is 9.70. The minimum Gasteiger partial charge on any atom is -0.345 e. The van der Waals surface area contributed by atoms with Gasteiger partial charge in [-0.1, -0.05) is 30.3 Å². The third-order valence-corrected chi connectivity index (χ3v) is 2.91. The summed E-state index contributed by atoms with van der Waals surface area (Å²) >= 11 is 0. The Morgan fingerprint density at radius 2 is 1.94 bits per heavy atom. The topological polar surface area (TPSA) is 54.7 Å². The van der Waals surface area contributed by atoms with Crippen molar-refractivity contribution in [3.8, 4) is 0 Å². The lowest BCUT2D eigenvalue weighted by molar-refractivity contribution is 0.762. The number of hydrogen-bond acceptors (Lipinski definition) is 2. The largest absolute Gasteiger partial charge is 0.345 e. The molecule has 1 heterocycles. The predicted molar refractivity (Wildman–Crippen MR) is 65.4 cm³/mol. The van der Waals surface area contributed by atoms with Crippen molar-refractivity contribution in [1.82, 2.24) is 9.97 Å². The molecule has 1 unspecified atom stereocenters. The van der Waals surface area contributed by atoms with Gasteiger partial charge in [0.15, 0.2) is 0 Å². The molecule has 0 aliphatic rings. The number of rotatable bonds is 3. The fourth-order valence-electron chi connectivity index (χ4n) is 1.83. The van der Waals surface area contributed by atoms with Crippen molar-refractivity contribution in [1.29, 1.82) is 0 Å². The van der Waals surface area contributed by atoms with Crippen molar-refractivity contribution in [2.24, 2.45) is 5.73 Å². The van der Waals surface area contributed by atoms with Gasteiger partial charge in [-0.05, 0) is 19.4 Å². The lowest BCUT2D eigenvalue weighted by Gasteiger charge is -2.12. The average molecular weight is 215 g/mol. The van der Waals surface area contributed by atoms with Crippen molar-refractivity contribution in [3.05, 3.63) is 53.1 Å². The van der Waals surface area contributed by atoms with Crippen LogP contribution >= 0.6 is 0 Å². The fourth-order valence-corrected chi connectivity index (χ4v) is 1.83. The maximum absolute atomic E-state index is 5.84. The minimum absolute atomic E-state index is 0.161. The van der Waals surface area contributed by atoms with Gasteiger partial charge in [0.2, 0.25) is 0 Å². The van der Waals surface area contributed by atoms with E-state index in [1.54, 1.807) is 0 Å². The normalized spacial score (nSPS) is 12.7. The highest BCUT2D eigenvalue weighted by molar-refractivity contribution is 5.27. The third kappa shape index (κ3) is 1.99. The van der Waals surface area contributed by atoms with E-state index in [1.165, 1.54) is 5.56 Å². The van der Waals surface area contributed by atoms with Crippen molar-refractivity contribution in [2.45, 2.75) is 19.8 Å². The first-order chi connectivity index (χ1) is 7.72. The van der Waals surface area contributed by atoms with E-state index in [0.29, 0.717) is 6.54 Å². The van der Waals surface area contributed by atoms with Gasteiger partial charge >= 0.3 is 0 Å². The van der Waals surface area contributed by atoms with Crippen molar-refractivity contribution in [2.75, 3.05) is 6.54 Å². The number of H-pyrrole nitrogens is 1. The van der Waals surface area contributed by atoms with E-state index < -0.39 is 0 Å². The second kappa shape index (κ2) is 4.49. The zero-order chi connectivity index (χ0) is 11.5. The van der Waals surface area contributed by atoms with Crippen LogP contribution in [0.3, 0.4) is 0 Å². The molecule has 0 saturated carbocycles. The quantitative estimate of drug-likeness (QED) is 0.824. The van der Waals surface area contributed by atoms with Crippen LogP contribution in [0, 0.1) is 13.8 Å². The van der Waals surface area contributed by atoms with Gasteiger partial charge in [-0.2, -0.15) is 0 Å². The molecule has 3 nitrogen and oxygen atoms in total. The summed E-state index contributed by atoms with van der Waals surface area (Å²) in [5.74, 6) is 1.12. The minimum atomic E-state index is 0.161. The summed E-state index contributed by atoms with van der Waals surface area (Å²) in [5.41, 5.74) is 9.20. The Labute approximate surface area is 95.7 Å². The van der Waals surface area contributed by atoms with Gasteiger partial charge in [0.1, 0.15) is 5.82 Å². The van der Waals surface area contributed by atoms with E-state index in [2.05, 4.69) is 22.1 Å². The first kappa shape index (κ1) is 10.9. The van der Waals surface area contributed by atoms with E-state index >= 15 is 0 Å². The third-order valence-electron chi connectivity index (χ3n) is 2.91. The molecule has 0 bridgehead atoms. The first-order valence-corrected chi connectivity index (χ1v) is 5.50. The van der Waals surface area contributed by atoms with Crippen molar-refractivity contribution >= 4 is 0 Å². The van der Waals surface area contributed by atoms with Crippen LogP contribution in [0.5, 0.6) is 0 Å². The van der Waals surface area contributed by atoms with Crippen LogP contribution in [0.25, 0.3) is 0 Å². The Kier molecular flexibility index (Phi) is 3.06. The van der Waals surface area contributed by atoms with Gasteiger partial charge in [0.05, 0.1) is 11.6 Å². The Balaban J connectivity index is 2.37. The highest BCUT2D eigenvalue weighted by Crippen LogP contribution is 2.21. The van der Waals surface area contributed by atoms with Gasteiger partial charge in [0, 0.05) is 12.2 Å². The number of nitrogens with zero attached hydrogens (tertiary/aromatic N) is 1. The van der Waals surface area contributed by atoms with Gasteiger partial charge in [-0.25, -0.2) is 4.98 Å². The molecule has 0 fully saturated rings. The molecule has 16 heavy (non-hydrogen) atoms. The van der Waals surface area contributed by atoms with Crippen LogP contribution in [0.15, 0.2) is 30.3 Å². The van der Waals surface area contributed by atoms with Crippen LogP contribution in [0.1, 0.15) is 28.7 Å². The number of hydrogen-bond donors (Lipinski definition) is 2. The summed E-state index contributed by atoms with van der Waals surface area (Å²) in [4.78, 5) is 7.82. The molecule has 1 aromatic heterocycles. The summed E-state index contributed by atoms with van der Waals surface area (Å²) in [7, 11) is 0. The smallest absolute Gasteiger partial charge is 0.115 e. The molecule has 0 spiro atoms. The predicted octanol–water partition coefficient (Wildman–Crippen LogP) is 2.12. The highest BCUT2D eigenvalue weighted by atomic mass is 14.9. The number of nitrogens with two attached hydrogens (primary N) is 1. The monoisotopic (exact) mass is 215 g/mol. The molecule has 3 N–H and O–H groups in total. The van der Waals surface area contributed by atoms with Crippen LogP contribution in [-0.4, -0.2) is 16.5 Å². The molecule has 0 aliphatic carbocycles. The van der Waals surface area contributed by atoms with Gasteiger partial charge in [-0.3, -0.25) is 0 Å². The molecular weight excluding hydrogens is 198 g/mol. The van der Waals surface area contributed by atoms with Crippen LogP contribution < -0.4 is 5.73 Å². The Morgan fingerprint density at radius 1 is 1.25 bits per heavy atom. The number of aryl methyl sites for hydroxylation is 2. The summed E-state index contributed by atoms with van der Waals surface area (Å²) < 4.78 is 0. The lowest BCUT2D eigenvalue weighted by Crippen LogP contribution is -2.15. The Bertz CT molecular complexity index is 440. The number of aromatic amines is 1. The summed E-state index contributed by atoms with van der Waals surface area (Å²) in [6.45, 7) is 4.61. The number of aromatic nitrogens is 2. The van der Waals surface area contributed by atoms with Gasteiger partial charge in [-0.15, -0.1) is 0 Å². The molecule has 1 atom stereocenters. The number of nitrogens with one attached hydrogen (secondary N) is 1. The van der Waals surface area contributed by atoms with Crippen LogP contribution in [0.4, 0.5) is 0 Å². The molecule has 2 rings (SSSR count). The first-order valence-electron chi connectivity index (χ1n) is 5.50. The fraction of sp³-hybridized carbons (Fsp3) is 0.308. The van der Waals surface area contributed by atoms with Crippen LogP contribution in [-0.2, 0) is 0 Å². The Morgan fingerprint density at radius 3 is 2.44 bits per heavy atom. The zero-order valence-electron chi connectivity index (χ0n) is 9.70. The van der Waals surface area contributed by atoms with E-state index in [9.17, 15) is 0 Å². The number of benzene rings is 1. The molecule has 0 radical (unpaired) electrons. The van der Waals surface area contributed by atoms with Crippen molar-refractivity contribution in [3.63, 3.8) is 0 Å². The summed E-state index contributed by atoms with van der Waals surface area (Å²) in [5, 5.41) is 0. The highest BCUT2D eigenvalue weighted by Gasteiger charge is 2.16. The van der Waals surface area contributed by atoms with E-state index in [1.807, 2.05) is 32.0 Å². The lowest BCUT2D eigenvalue weighted by atomic mass is 9.99. The summed E-state index contributed by atoms with van der Waals surface area (Å²) in [6, 6.07) is 10.2. The van der Waals surface area contributed by atoms with E-state index in [0.717, 1.165) is 17.2 Å². The molecule has 1 aromatic carbocycles. The Hall–Kier alpha value is -1.61. The molecule has 3 heteroatoms. The average Bonchev–Trinajstić information content (AvgIpc) is 2.61. The SMILES string of the molecule is Cc1nc(C(CN)c2ccccc2)[nH]c1C. The van der Waals surface area contributed by atoms with Crippen LogP contribution in [0.2, 0.25) is 0 Å². The summed E-state index contributed by atoms with van der Waals surface area (Å²) in [6.07, 6.45) is 0. The maximum atomic E-state index is 5.84. The number of imidazole rings is 1. The maximum Gasteiger partial charge on any atom is 0.115 e. The molecule has 0 aliphatic heterocycles. The second-order valence-corrected chi connectivity index (χ2v) is 4.03. The molecule has 2 aromatic rings. The molecular formula is C13H17N3. The van der Waals surface area contributed by atoms with Gasteiger partial charge < -0.3 is 10.7 Å². The molecule has 0 saturated heterocycles. The van der Waals surface area contributed by atoms with Gasteiger partial charge in [0.25, 0.3) is 0 Å². The molecule has 0 amide bonds.